The molecule has 0 aromatic heterocycles. The summed E-state index contributed by atoms with van der Waals surface area (Å²) in [6.45, 7) is 6.52. The second-order valence-corrected chi connectivity index (χ2v) is 5.57. The van der Waals surface area contributed by atoms with Gasteiger partial charge in [-0.25, -0.2) is 4.79 Å². The number of amides is 3. The van der Waals surface area contributed by atoms with Crippen molar-refractivity contribution in [2.24, 2.45) is 5.73 Å². The smallest absolute Gasteiger partial charge is 0.318 e. The second-order valence-electron chi connectivity index (χ2n) is 5.57. The summed E-state index contributed by atoms with van der Waals surface area (Å²) < 4.78 is 0. The zero-order valence-corrected chi connectivity index (χ0v) is 11.9. The van der Waals surface area contributed by atoms with Gasteiger partial charge in [0, 0.05) is 12.7 Å². The van der Waals surface area contributed by atoms with E-state index in [1.54, 1.807) is 11.9 Å². The summed E-state index contributed by atoms with van der Waals surface area (Å²) in [5.41, 5.74) is 7.12. The number of imide groups is 1. The van der Waals surface area contributed by atoms with Crippen molar-refractivity contribution in [3.05, 3.63) is 29.8 Å². The predicted octanol–water partition coefficient (Wildman–Crippen LogP) is 1.62. The number of hydrogen-bond donors (Lipinski definition) is 2. The summed E-state index contributed by atoms with van der Waals surface area (Å²) in [5, 5.41) is 2.04. The van der Waals surface area contributed by atoms with Crippen LogP contribution in [0.25, 0.3) is 0 Å². The molecule has 5 nitrogen and oxygen atoms in total. The number of carbonyl (C=O) groups is 2. The quantitative estimate of drug-likeness (QED) is 0.870. The Bertz CT molecular complexity index is 461. The maximum Gasteiger partial charge on any atom is 0.318 e. The first kappa shape index (κ1) is 15.0. The lowest BCUT2D eigenvalue weighted by Gasteiger charge is -2.22. The van der Waals surface area contributed by atoms with Crippen LogP contribution in [0.4, 0.5) is 10.5 Å². The Morgan fingerprint density at radius 3 is 2.16 bits per heavy atom. The molecule has 0 fully saturated rings. The molecule has 0 heterocycles. The van der Waals surface area contributed by atoms with Crippen molar-refractivity contribution < 1.29 is 9.59 Å². The minimum Gasteiger partial charge on any atom is -0.365 e. The Balaban J connectivity index is 2.70. The number of nitrogens with zero attached hydrogens (tertiary/aromatic N) is 1. The number of rotatable bonds is 3. The van der Waals surface area contributed by atoms with Crippen LogP contribution < -0.4 is 16.0 Å². The number of anilines is 1. The van der Waals surface area contributed by atoms with Crippen LogP contribution in [0.1, 0.15) is 26.3 Å². The van der Waals surface area contributed by atoms with E-state index in [1.165, 1.54) is 5.56 Å². The molecule has 0 bridgehead atoms. The molecule has 5 heteroatoms. The van der Waals surface area contributed by atoms with Crippen molar-refractivity contribution in [3.63, 3.8) is 0 Å². The number of carbonyl (C=O) groups excluding carboxylic acids is 2. The Labute approximate surface area is 113 Å². The Kier molecular flexibility index (Phi) is 4.53. The average Bonchev–Trinajstić information content (AvgIpc) is 2.26. The van der Waals surface area contributed by atoms with Crippen molar-refractivity contribution in [1.82, 2.24) is 5.32 Å². The number of benzene rings is 1. The lowest BCUT2D eigenvalue weighted by Crippen LogP contribution is -2.41. The molecule has 3 N–H and O–H groups in total. The van der Waals surface area contributed by atoms with E-state index in [1.807, 2.05) is 29.6 Å². The molecule has 104 valence electrons. The molecular weight excluding hydrogens is 242 g/mol. The van der Waals surface area contributed by atoms with Crippen LogP contribution in [-0.4, -0.2) is 25.5 Å². The average molecular weight is 263 g/mol. The van der Waals surface area contributed by atoms with Crippen molar-refractivity contribution in [3.8, 4) is 0 Å². The third-order valence-corrected chi connectivity index (χ3v) is 2.82. The summed E-state index contributed by atoms with van der Waals surface area (Å²) in [5.74, 6) is -0.421. The van der Waals surface area contributed by atoms with Gasteiger partial charge in [-0.3, -0.25) is 10.1 Å². The van der Waals surface area contributed by atoms with Gasteiger partial charge in [0.05, 0.1) is 6.54 Å². The van der Waals surface area contributed by atoms with Crippen molar-refractivity contribution in [2.45, 2.75) is 26.2 Å². The van der Waals surface area contributed by atoms with Crippen LogP contribution >= 0.6 is 0 Å². The number of likely N-dealkylation sites (N-methyl/N-ethyl adjacent to an activating group) is 1. The topological polar surface area (TPSA) is 75.4 Å². The van der Waals surface area contributed by atoms with Crippen LogP contribution in [-0.2, 0) is 10.2 Å². The lowest BCUT2D eigenvalue weighted by molar-refractivity contribution is -0.118. The van der Waals surface area contributed by atoms with E-state index in [9.17, 15) is 9.59 Å². The highest BCUT2D eigenvalue weighted by Crippen LogP contribution is 2.24. The van der Waals surface area contributed by atoms with Gasteiger partial charge < -0.3 is 10.6 Å². The summed E-state index contributed by atoms with van der Waals surface area (Å²) in [6, 6.07) is 7.16. The van der Waals surface area contributed by atoms with Crippen molar-refractivity contribution >= 4 is 17.6 Å². The molecule has 0 radical (unpaired) electrons. The first-order chi connectivity index (χ1) is 8.70. The molecule has 0 spiro atoms. The van der Waals surface area contributed by atoms with Gasteiger partial charge in [-0.2, -0.15) is 0 Å². The summed E-state index contributed by atoms with van der Waals surface area (Å²) in [7, 11) is 1.78. The summed E-state index contributed by atoms with van der Waals surface area (Å²) >= 11 is 0. The van der Waals surface area contributed by atoms with E-state index in [-0.39, 0.29) is 12.0 Å². The first-order valence-corrected chi connectivity index (χ1v) is 6.11. The standard InChI is InChI=1S/C14H21N3O2/c1-14(2,3)10-5-7-11(8-6-10)17(4)9-12(18)16-13(15)19/h5-8H,9H2,1-4H3,(H3,15,16,18,19). The highest BCUT2D eigenvalue weighted by Gasteiger charge is 2.14. The van der Waals surface area contributed by atoms with Crippen LogP contribution in [0.5, 0.6) is 0 Å². The van der Waals surface area contributed by atoms with E-state index in [0.717, 1.165) is 5.69 Å². The maximum atomic E-state index is 11.4. The fraction of sp³-hybridized carbons (Fsp3) is 0.429. The highest BCUT2D eigenvalue weighted by molar-refractivity contribution is 5.95. The molecule has 3 amide bonds. The highest BCUT2D eigenvalue weighted by atomic mass is 16.2. The van der Waals surface area contributed by atoms with Crippen LogP contribution in [0, 0.1) is 0 Å². The lowest BCUT2D eigenvalue weighted by atomic mass is 9.87. The summed E-state index contributed by atoms with van der Waals surface area (Å²) in [4.78, 5) is 23.7. The molecular formula is C14H21N3O2. The van der Waals surface area contributed by atoms with Crippen molar-refractivity contribution in [1.29, 1.82) is 0 Å². The van der Waals surface area contributed by atoms with Gasteiger partial charge in [0.2, 0.25) is 5.91 Å². The Morgan fingerprint density at radius 2 is 1.74 bits per heavy atom. The Hall–Kier alpha value is -2.04. The molecule has 0 saturated heterocycles. The SMILES string of the molecule is CN(CC(=O)NC(N)=O)c1ccc(C(C)(C)C)cc1. The van der Waals surface area contributed by atoms with Crippen LogP contribution in [0.2, 0.25) is 0 Å². The van der Waals surface area contributed by atoms with Gasteiger partial charge in [-0.1, -0.05) is 32.9 Å². The molecule has 19 heavy (non-hydrogen) atoms. The molecule has 0 saturated carbocycles. The molecule has 0 unspecified atom stereocenters. The third kappa shape index (κ3) is 4.62. The van der Waals surface area contributed by atoms with Gasteiger partial charge in [-0.05, 0) is 23.1 Å². The number of nitrogens with one attached hydrogen (secondary N) is 1. The second kappa shape index (κ2) is 5.73. The van der Waals surface area contributed by atoms with Crippen molar-refractivity contribution in [2.75, 3.05) is 18.5 Å². The molecule has 1 rings (SSSR count). The zero-order chi connectivity index (χ0) is 14.6. The minimum atomic E-state index is -0.832. The van der Waals surface area contributed by atoms with Gasteiger partial charge >= 0.3 is 6.03 Å². The van der Waals surface area contributed by atoms with Gasteiger partial charge in [0.1, 0.15) is 0 Å². The summed E-state index contributed by atoms with van der Waals surface area (Å²) in [6.07, 6.45) is 0. The predicted molar refractivity (Wildman–Crippen MR) is 76.1 cm³/mol. The Morgan fingerprint density at radius 1 is 1.21 bits per heavy atom. The maximum absolute atomic E-state index is 11.4. The number of primary amides is 1. The molecule has 0 aliphatic rings. The van der Waals surface area contributed by atoms with Gasteiger partial charge in [0.25, 0.3) is 0 Å². The molecule has 1 aromatic carbocycles. The molecule has 0 atom stereocenters. The zero-order valence-electron chi connectivity index (χ0n) is 11.9. The van der Waals surface area contributed by atoms with E-state index < -0.39 is 11.9 Å². The third-order valence-electron chi connectivity index (χ3n) is 2.82. The van der Waals surface area contributed by atoms with Crippen LogP contribution in [0.3, 0.4) is 0 Å². The molecule has 0 aliphatic carbocycles. The van der Waals surface area contributed by atoms with E-state index >= 15 is 0 Å². The fourth-order valence-electron chi connectivity index (χ4n) is 1.70. The minimum absolute atomic E-state index is 0.0812. The van der Waals surface area contributed by atoms with E-state index in [4.69, 9.17) is 5.73 Å². The largest absolute Gasteiger partial charge is 0.365 e. The van der Waals surface area contributed by atoms with Gasteiger partial charge in [-0.15, -0.1) is 0 Å². The van der Waals surface area contributed by atoms with Crippen LogP contribution in [0.15, 0.2) is 24.3 Å². The number of hydrogen-bond acceptors (Lipinski definition) is 3. The van der Waals surface area contributed by atoms with E-state index in [2.05, 4.69) is 20.8 Å². The molecule has 0 aliphatic heterocycles. The fourth-order valence-corrected chi connectivity index (χ4v) is 1.70. The monoisotopic (exact) mass is 263 g/mol. The van der Waals surface area contributed by atoms with E-state index in [0.29, 0.717) is 0 Å². The molecule has 1 aromatic rings. The number of nitrogens with two attached hydrogens (primary N) is 1. The number of urea groups is 1. The normalized spacial score (nSPS) is 10.9. The first-order valence-electron chi connectivity index (χ1n) is 6.11. The van der Waals surface area contributed by atoms with Gasteiger partial charge in [0.15, 0.2) is 0 Å².